The van der Waals surface area contributed by atoms with Crippen LogP contribution in [0.3, 0.4) is 0 Å². The number of nitrogen functional groups attached to an aromatic ring is 1. The number of anilines is 5. The number of benzene rings is 3. The fourth-order valence-electron chi connectivity index (χ4n) is 4.43. The highest BCUT2D eigenvalue weighted by molar-refractivity contribution is 7.92. The second kappa shape index (κ2) is 12.6. The molecule has 1 aliphatic rings. The van der Waals surface area contributed by atoms with Gasteiger partial charge in [0.25, 0.3) is 11.8 Å². The zero-order chi connectivity index (χ0) is 29.7. The van der Waals surface area contributed by atoms with E-state index in [0.717, 1.165) is 0 Å². The van der Waals surface area contributed by atoms with E-state index in [1.54, 1.807) is 54.6 Å². The fraction of sp³-hybridized carbons (Fsp3) is 0.172. The van der Waals surface area contributed by atoms with Crippen LogP contribution in [0.2, 0.25) is 5.02 Å². The summed E-state index contributed by atoms with van der Waals surface area (Å²) in [4.78, 5) is 34.2. The molecule has 1 aliphatic heterocycles. The number of carbonyl (C=O) groups is 2. The third kappa shape index (κ3) is 6.85. The number of halogens is 1. The lowest BCUT2D eigenvalue weighted by Crippen LogP contribution is -2.35. The summed E-state index contributed by atoms with van der Waals surface area (Å²) < 4.78 is 25.8. The Morgan fingerprint density at radius 1 is 0.833 bits per heavy atom. The van der Waals surface area contributed by atoms with Crippen LogP contribution < -0.4 is 27.0 Å². The molecule has 1 fully saturated rings. The van der Waals surface area contributed by atoms with Crippen molar-refractivity contribution in [3.05, 3.63) is 95.3 Å². The first-order chi connectivity index (χ1) is 20.2. The second-order valence-electron chi connectivity index (χ2n) is 9.66. The third-order valence-corrected chi connectivity index (χ3v) is 9.32. The average Bonchev–Trinajstić information content (AvgIpc) is 3.00. The quantitative estimate of drug-likeness (QED) is 0.182. The Bertz CT molecular complexity index is 1690. The molecule has 1 saturated heterocycles. The van der Waals surface area contributed by atoms with Crippen molar-refractivity contribution < 1.29 is 18.0 Å². The van der Waals surface area contributed by atoms with E-state index in [-0.39, 0.29) is 32.6 Å². The first-order valence-corrected chi connectivity index (χ1v) is 15.0. The largest absolute Gasteiger partial charge is 0.399 e. The molecular formula is C29H28ClN7O4S. The molecule has 3 aromatic carbocycles. The zero-order valence-corrected chi connectivity index (χ0v) is 23.9. The summed E-state index contributed by atoms with van der Waals surface area (Å²) in [5.74, 6) is -0.621. The van der Waals surface area contributed by atoms with Gasteiger partial charge in [-0.1, -0.05) is 11.6 Å². The monoisotopic (exact) mass is 605 g/mol. The molecule has 13 heteroatoms. The molecule has 11 nitrogen and oxygen atoms in total. The summed E-state index contributed by atoms with van der Waals surface area (Å²) in [6.07, 6.45) is 4.03. The summed E-state index contributed by atoms with van der Waals surface area (Å²) in [5.41, 5.74) is 8.09. The molecule has 0 radical (unpaired) electrons. The number of nitrogens with one attached hydrogen (secondary N) is 4. The number of amides is 2. The molecule has 5 rings (SSSR count). The highest BCUT2D eigenvalue weighted by atomic mass is 35.5. The minimum atomic E-state index is -3.39. The van der Waals surface area contributed by atoms with E-state index in [9.17, 15) is 18.0 Å². The van der Waals surface area contributed by atoms with Crippen molar-refractivity contribution in [1.82, 2.24) is 15.3 Å². The molecule has 0 aliphatic carbocycles. The average molecular weight is 606 g/mol. The zero-order valence-electron chi connectivity index (χ0n) is 22.3. The van der Waals surface area contributed by atoms with Crippen LogP contribution in [-0.4, -0.2) is 48.5 Å². The van der Waals surface area contributed by atoms with Crippen molar-refractivity contribution in [2.75, 3.05) is 34.8 Å². The van der Waals surface area contributed by atoms with Crippen LogP contribution in [0.1, 0.15) is 33.6 Å². The first kappa shape index (κ1) is 29.0. The predicted octanol–water partition coefficient (Wildman–Crippen LogP) is 4.49. The van der Waals surface area contributed by atoms with Crippen molar-refractivity contribution in [3.63, 3.8) is 0 Å². The number of nitrogens with two attached hydrogens (primary N) is 1. The Morgan fingerprint density at radius 2 is 1.45 bits per heavy atom. The summed E-state index contributed by atoms with van der Waals surface area (Å²) >= 11 is 6.26. The molecule has 42 heavy (non-hydrogen) atoms. The number of nitrogens with zero attached hydrogens (tertiary/aromatic N) is 2. The molecule has 2 amide bonds. The van der Waals surface area contributed by atoms with Gasteiger partial charge in [0.15, 0.2) is 9.84 Å². The van der Waals surface area contributed by atoms with Crippen LogP contribution in [-0.2, 0) is 9.84 Å². The van der Waals surface area contributed by atoms with Crippen LogP contribution in [0.4, 0.5) is 28.7 Å². The standard InChI is InChI=1S/C29H28ClN7O4S/c30-26-10-7-21(35-27(38)18-1-3-19(31)4-2-18)15-25(26)28(39)36-22-16-33-29(34-17-22)37-20-5-8-23(9-6-20)42(40,41)24-11-13-32-14-12-24/h1-10,15-17,24,32H,11-14,31H2,(H,35,38)(H,36,39)(H,33,34,37). The van der Waals surface area contributed by atoms with Gasteiger partial charge in [0.1, 0.15) is 0 Å². The van der Waals surface area contributed by atoms with Gasteiger partial charge in [0.05, 0.1) is 38.8 Å². The summed E-state index contributed by atoms with van der Waals surface area (Å²) in [6.45, 7) is 1.39. The minimum Gasteiger partial charge on any atom is -0.399 e. The molecule has 0 unspecified atom stereocenters. The number of rotatable bonds is 8. The molecule has 6 N–H and O–H groups in total. The highest BCUT2D eigenvalue weighted by Gasteiger charge is 2.28. The Hall–Kier alpha value is -4.52. The number of hydrogen-bond donors (Lipinski definition) is 5. The van der Waals surface area contributed by atoms with Gasteiger partial charge in [-0.15, -0.1) is 0 Å². The van der Waals surface area contributed by atoms with E-state index in [2.05, 4.69) is 31.2 Å². The third-order valence-electron chi connectivity index (χ3n) is 6.72. The van der Waals surface area contributed by atoms with Crippen LogP contribution in [0.5, 0.6) is 0 Å². The number of aromatic nitrogens is 2. The molecule has 0 spiro atoms. The van der Waals surface area contributed by atoms with Crippen molar-refractivity contribution in [2.45, 2.75) is 23.0 Å². The summed E-state index contributed by atoms with van der Waals surface area (Å²) in [6, 6.07) is 17.5. The van der Waals surface area contributed by atoms with E-state index in [1.807, 2.05) is 0 Å². The maximum atomic E-state index is 12.9. The normalized spacial score (nSPS) is 13.7. The van der Waals surface area contributed by atoms with Crippen molar-refractivity contribution in [1.29, 1.82) is 0 Å². The van der Waals surface area contributed by atoms with E-state index in [1.165, 1.54) is 24.5 Å². The van der Waals surface area contributed by atoms with E-state index in [4.69, 9.17) is 17.3 Å². The van der Waals surface area contributed by atoms with Gasteiger partial charge in [-0.2, -0.15) is 0 Å². The molecule has 216 valence electrons. The summed E-state index contributed by atoms with van der Waals surface area (Å²) in [7, 11) is -3.39. The van der Waals surface area contributed by atoms with Gasteiger partial charge in [-0.3, -0.25) is 9.59 Å². The topological polar surface area (TPSA) is 168 Å². The van der Waals surface area contributed by atoms with Gasteiger partial charge in [-0.05, 0) is 92.7 Å². The van der Waals surface area contributed by atoms with Gasteiger partial charge < -0.3 is 27.0 Å². The van der Waals surface area contributed by atoms with Gasteiger partial charge in [-0.25, -0.2) is 18.4 Å². The van der Waals surface area contributed by atoms with Crippen molar-refractivity contribution in [2.24, 2.45) is 0 Å². The molecule has 0 saturated carbocycles. The lowest BCUT2D eigenvalue weighted by Gasteiger charge is -2.22. The predicted molar refractivity (Wildman–Crippen MR) is 163 cm³/mol. The van der Waals surface area contributed by atoms with Gasteiger partial charge in [0.2, 0.25) is 5.95 Å². The smallest absolute Gasteiger partial charge is 0.257 e. The lowest BCUT2D eigenvalue weighted by atomic mass is 10.1. The van der Waals surface area contributed by atoms with Crippen LogP contribution >= 0.6 is 11.6 Å². The molecule has 0 atom stereocenters. The maximum Gasteiger partial charge on any atom is 0.257 e. The number of piperidine rings is 1. The minimum absolute atomic E-state index is 0.147. The Labute approximate surface area is 247 Å². The SMILES string of the molecule is Nc1ccc(C(=O)Nc2ccc(Cl)c(C(=O)Nc3cnc(Nc4ccc(S(=O)(=O)C5CCNCC5)cc4)nc3)c2)cc1. The fourth-order valence-corrected chi connectivity index (χ4v) is 6.39. The van der Waals surface area contributed by atoms with Crippen LogP contribution in [0.25, 0.3) is 0 Å². The molecule has 1 aromatic heterocycles. The molecule has 4 aromatic rings. The molecule has 0 bridgehead atoms. The van der Waals surface area contributed by atoms with Gasteiger partial charge >= 0.3 is 0 Å². The second-order valence-corrected chi connectivity index (χ2v) is 12.3. The van der Waals surface area contributed by atoms with Crippen molar-refractivity contribution >= 4 is 62.0 Å². The number of carbonyl (C=O) groups excluding carboxylic acids is 2. The van der Waals surface area contributed by atoms with E-state index >= 15 is 0 Å². The Balaban J connectivity index is 1.20. The number of sulfone groups is 1. The molecular weight excluding hydrogens is 578 g/mol. The Morgan fingerprint density at radius 3 is 2.12 bits per heavy atom. The number of hydrogen-bond acceptors (Lipinski definition) is 9. The Kier molecular flexibility index (Phi) is 8.67. The van der Waals surface area contributed by atoms with E-state index in [0.29, 0.717) is 54.2 Å². The van der Waals surface area contributed by atoms with E-state index < -0.39 is 15.7 Å². The highest BCUT2D eigenvalue weighted by Crippen LogP contribution is 2.25. The summed E-state index contributed by atoms with van der Waals surface area (Å²) in [5, 5.41) is 11.4. The first-order valence-electron chi connectivity index (χ1n) is 13.1. The van der Waals surface area contributed by atoms with Crippen LogP contribution in [0.15, 0.2) is 84.0 Å². The van der Waals surface area contributed by atoms with Crippen LogP contribution in [0, 0.1) is 0 Å². The molecule has 2 heterocycles. The van der Waals surface area contributed by atoms with Gasteiger partial charge in [0, 0.05) is 22.6 Å². The lowest BCUT2D eigenvalue weighted by molar-refractivity contribution is 0.101. The maximum absolute atomic E-state index is 12.9. The van der Waals surface area contributed by atoms with Crippen molar-refractivity contribution in [3.8, 4) is 0 Å².